The van der Waals surface area contributed by atoms with E-state index in [2.05, 4.69) is 10.9 Å². The van der Waals surface area contributed by atoms with Crippen LogP contribution in [0, 0.1) is 25.1 Å². The summed E-state index contributed by atoms with van der Waals surface area (Å²) in [7, 11) is 0. The van der Waals surface area contributed by atoms with Crippen molar-refractivity contribution in [3.05, 3.63) is 34.9 Å². The molecule has 0 aliphatic heterocycles. The fourth-order valence-corrected chi connectivity index (χ4v) is 2.03. The van der Waals surface area contributed by atoms with Gasteiger partial charge in [-0.1, -0.05) is 23.6 Å². The number of halogens is 2. The van der Waals surface area contributed by atoms with Crippen LogP contribution in [0.15, 0.2) is 18.2 Å². The number of terminal acetylenes is 1. The third-order valence-electron chi connectivity index (χ3n) is 2.65. The highest BCUT2D eigenvalue weighted by atomic mass is 35.5. The molecule has 1 aromatic carbocycles. The Kier molecular flexibility index (Phi) is 3.26. The van der Waals surface area contributed by atoms with Crippen molar-refractivity contribution in [2.45, 2.75) is 13.5 Å². The summed E-state index contributed by atoms with van der Waals surface area (Å²) in [6, 6.07) is 4.44. The number of hydrogen-bond acceptors (Lipinski definition) is 2. The van der Waals surface area contributed by atoms with Crippen molar-refractivity contribution in [1.82, 2.24) is 9.55 Å². The lowest BCUT2D eigenvalue weighted by Crippen LogP contribution is -2.03. The lowest BCUT2D eigenvalue weighted by molar-refractivity contribution is 0.631. The van der Waals surface area contributed by atoms with Crippen molar-refractivity contribution in [1.29, 1.82) is 0 Å². The van der Waals surface area contributed by atoms with E-state index in [1.54, 1.807) is 17.6 Å². The van der Waals surface area contributed by atoms with Gasteiger partial charge in [0.15, 0.2) is 0 Å². The molecule has 0 amide bonds. The second kappa shape index (κ2) is 4.71. The molecular formula is C13H11ClFN3. The summed E-state index contributed by atoms with van der Waals surface area (Å²) in [5, 5.41) is 0.270. The van der Waals surface area contributed by atoms with E-state index < -0.39 is 5.82 Å². The highest BCUT2D eigenvalue weighted by Gasteiger charge is 2.18. The van der Waals surface area contributed by atoms with Crippen LogP contribution in [0.4, 0.5) is 10.2 Å². The van der Waals surface area contributed by atoms with Gasteiger partial charge in [-0.25, -0.2) is 9.37 Å². The summed E-state index contributed by atoms with van der Waals surface area (Å²) < 4.78 is 15.5. The van der Waals surface area contributed by atoms with Crippen molar-refractivity contribution in [3.8, 4) is 23.6 Å². The molecule has 0 aliphatic rings. The highest BCUT2D eigenvalue weighted by Crippen LogP contribution is 2.33. The molecule has 18 heavy (non-hydrogen) atoms. The zero-order chi connectivity index (χ0) is 13.3. The average Bonchev–Trinajstić information content (AvgIpc) is 2.58. The molecule has 0 radical (unpaired) electrons. The molecule has 0 bridgehead atoms. The molecule has 0 atom stereocenters. The molecule has 0 spiro atoms. The Morgan fingerprint density at radius 1 is 1.56 bits per heavy atom. The minimum atomic E-state index is -0.459. The maximum atomic E-state index is 13.8. The van der Waals surface area contributed by atoms with E-state index >= 15 is 0 Å². The number of aromatic nitrogens is 2. The van der Waals surface area contributed by atoms with E-state index in [1.165, 1.54) is 12.1 Å². The molecule has 92 valence electrons. The van der Waals surface area contributed by atoms with E-state index in [0.717, 1.165) is 0 Å². The van der Waals surface area contributed by atoms with Gasteiger partial charge in [-0.15, -0.1) is 6.42 Å². The van der Waals surface area contributed by atoms with Crippen molar-refractivity contribution in [2.75, 3.05) is 5.73 Å². The second-order valence-electron chi connectivity index (χ2n) is 3.78. The lowest BCUT2D eigenvalue weighted by atomic mass is 10.1. The van der Waals surface area contributed by atoms with Crippen LogP contribution in [-0.2, 0) is 6.54 Å². The van der Waals surface area contributed by atoms with Gasteiger partial charge in [0, 0.05) is 0 Å². The molecule has 0 fully saturated rings. The first-order chi connectivity index (χ1) is 8.56. The van der Waals surface area contributed by atoms with Crippen molar-refractivity contribution < 1.29 is 4.39 Å². The summed E-state index contributed by atoms with van der Waals surface area (Å²) >= 11 is 5.99. The van der Waals surface area contributed by atoms with Crippen LogP contribution in [0.1, 0.15) is 5.82 Å². The molecule has 2 aromatic rings. The molecule has 3 nitrogen and oxygen atoms in total. The van der Waals surface area contributed by atoms with Crippen LogP contribution >= 0.6 is 11.6 Å². The number of nitrogens with two attached hydrogens (primary N) is 1. The van der Waals surface area contributed by atoms with Crippen LogP contribution in [0.25, 0.3) is 11.3 Å². The van der Waals surface area contributed by atoms with E-state index in [9.17, 15) is 4.39 Å². The predicted molar refractivity (Wildman–Crippen MR) is 70.6 cm³/mol. The van der Waals surface area contributed by atoms with Crippen LogP contribution < -0.4 is 5.73 Å². The first-order valence-electron chi connectivity index (χ1n) is 5.26. The molecule has 1 aromatic heterocycles. The molecule has 2 N–H and O–H groups in total. The van der Waals surface area contributed by atoms with Gasteiger partial charge in [0.1, 0.15) is 23.2 Å². The Bertz CT molecular complexity index is 620. The Labute approximate surface area is 109 Å². The molecule has 1 heterocycles. The number of anilines is 1. The quantitative estimate of drug-likeness (QED) is 0.847. The zero-order valence-electron chi connectivity index (χ0n) is 9.74. The standard InChI is InChI=1S/C13H11ClFN3/c1-3-7-18-8(2)17-12(13(18)16)11-9(14)5-4-6-10(11)15/h1,4-6H,7,16H2,2H3. The number of benzene rings is 1. The third kappa shape index (κ3) is 1.93. The van der Waals surface area contributed by atoms with E-state index in [4.69, 9.17) is 23.8 Å². The van der Waals surface area contributed by atoms with Gasteiger partial charge in [0.25, 0.3) is 0 Å². The Balaban J connectivity index is 2.66. The summed E-state index contributed by atoms with van der Waals surface area (Å²) in [6.45, 7) is 2.04. The van der Waals surface area contributed by atoms with E-state index in [-0.39, 0.29) is 17.1 Å². The van der Waals surface area contributed by atoms with Crippen molar-refractivity contribution in [2.24, 2.45) is 0 Å². The molecule has 0 saturated carbocycles. The molecule has 5 heteroatoms. The van der Waals surface area contributed by atoms with E-state index in [0.29, 0.717) is 17.3 Å². The fraction of sp³-hybridized carbons (Fsp3) is 0.154. The zero-order valence-corrected chi connectivity index (χ0v) is 10.5. The summed E-state index contributed by atoms with van der Waals surface area (Å²) in [5.41, 5.74) is 6.47. The maximum absolute atomic E-state index is 13.8. The van der Waals surface area contributed by atoms with Crippen LogP contribution in [0.2, 0.25) is 5.02 Å². The Morgan fingerprint density at radius 2 is 2.28 bits per heavy atom. The van der Waals surface area contributed by atoms with Gasteiger partial charge in [-0.3, -0.25) is 0 Å². The normalized spacial score (nSPS) is 10.3. The topological polar surface area (TPSA) is 43.8 Å². The van der Waals surface area contributed by atoms with Crippen LogP contribution in [0.3, 0.4) is 0 Å². The second-order valence-corrected chi connectivity index (χ2v) is 4.19. The van der Waals surface area contributed by atoms with Gasteiger partial charge in [0.2, 0.25) is 0 Å². The van der Waals surface area contributed by atoms with Crippen LogP contribution in [0.5, 0.6) is 0 Å². The Morgan fingerprint density at radius 3 is 2.89 bits per heavy atom. The number of imidazole rings is 1. The van der Waals surface area contributed by atoms with Gasteiger partial charge in [0.05, 0.1) is 17.1 Å². The minimum Gasteiger partial charge on any atom is -0.383 e. The SMILES string of the molecule is C#CCn1c(C)nc(-c2c(F)cccc2Cl)c1N. The van der Waals surface area contributed by atoms with E-state index in [1.807, 2.05) is 0 Å². The molecule has 0 unspecified atom stereocenters. The minimum absolute atomic E-state index is 0.204. The number of aryl methyl sites for hydroxylation is 1. The van der Waals surface area contributed by atoms with Crippen LogP contribution in [-0.4, -0.2) is 9.55 Å². The van der Waals surface area contributed by atoms with Crippen molar-refractivity contribution in [3.63, 3.8) is 0 Å². The largest absolute Gasteiger partial charge is 0.383 e. The number of hydrogen-bond donors (Lipinski definition) is 1. The number of nitrogens with zero attached hydrogens (tertiary/aromatic N) is 2. The molecule has 2 rings (SSSR count). The number of nitrogen functional groups attached to an aromatic ring is 1. The highest BCUT2D eigenvalue weighted by molar-refractivity contribution is 6.33. The third-order valence-corrected chi connectivity index (χ3v) is 2.96. The monoisotopic (exact) mass is 263 g/mol. The Hall–Kier alpha value is -1.99. The predicted octanol–water partition coefficient (Wildman–Crippen LogP) is 2.87. The van der Waals surface area contributed by atoms with Crippen molar-refractivity contribution >= 4 is 17.4 Å². The lowest BCUT2D eigenvalue weighted by Gasteiger charge is -2.05. The number of rotatable bonds is 2. The van der Waals surface area contributed by atoms with Gasteiger partial charge >= 0.3 is 0 Å². The van der Waals surface area contributed by atoms with Gasteiger partial charge in [-0.05, 0) is 19.1 Å². The fourth-order valence-electron chi connectivity index (χ4n) is 1.78. The molecule has 0 aliphatic carbocycles. The van der Waals surface area contributed by atoms with Gasteiger partial charge < -0.3 is 10.3 Å². The smallest absolute Gasteiger partial charge is 0.134 e. The summed E-state index contributed by atoms with van der Waals surface area (Å²) in [4.78, 5) is 4.24. The average molecular weight is 264 g/mol. The molecule has 0 saturated heterocycles. The first-order valence-corrected chi connectivity index (χ1v) is 5.64. The first kappa shape index (κ1) is 12.5. The maximum Gasteiger partial charge on any atom is 0.134 e. The van der Waals surface area contributed by atoms with Gasteiger partial charge in [-0.2, -0.15) is 0 Å². The summed E-state index contributed by atoms with van der Waals surface area (Å²) in [5.74, 6) is 2.96. The molecular weight excluding hydrogens is 253 g/mol. The summed E-state index contributed by atoms with van der Waals surface area (Å²) in [6.07, 6.45) is 5.25.